The number of rotatable bonds is 3. The molecule has 0 saturated heterocycles. The monoisotopic (exact) mass is 324 g/mol. The van der Waals surface area contributed by atoms with Gasteiger partial charge in [0, 0.05) is 6.42 Å². The van der Waals surface area contributed by atoms with Crippen LogP contribution in [-0.2, 0) is 11.2 Å². The van der Waals surface area contributed by atoms with Crippen molar-refractivity contribution in [1.82, 2.24) is 0 Å². The fourth-order valence-electron chi connectivity index (χ4n) is 5.86. The summed E-state index contributed by atoms with van der Waals surface area (Å²) in [5, 5.41) is 0. The number of methoxy groups -OCH3 is 1. The SMILES string of the molecule is CC[C@@H]1Cc2cc(OC)ccc2[C@H]2CC[C@]3(CC)C(=O)CC=C3[C@H]12. The van der Waals surface area contributed by atoms with Crippen molar-refractivity contribution in [2.45, 2.75) is 58.3 Å². The van der Waals surface area contributed by atoms with E-state index in [1.54, 1.807) is 7.11 Å². The lowest BCUT2D eigenvalue weighted by atomic mass is 9.53. The van der Waals surface area contributed by atoms with E-state index < -0.39 is 0 Å². The zero-order valence-corrected chi connectivity index (χ0v) is 15.1. The highest BCUT2D eigenvalue weighted by molar-refractivity contribution is 5.92. The van der Waals surface area contributed by atoms with Crippen LogP contribution in [0, 0.1) is 17.3 Å². The Morgan fingerprint density at radius 1 is 1.29 bits per heavy atom. The number of ketones is 1. The van der Waals surface area contributed by atoms with Crippen LogP contribution >= 0.6 is 0 Å². The minimum atomic E-state index is -0.126. The van der Waals surface area contributed by atoms with E-state index in [1.165, 1.54) is 23.1 Å². The third kappa shape index (κ3) is 2.04. The Labute approximate surface area is 145 Å². The van der Waals surface area contributed by atoms with Crippen LogP contribution in [0.3, 0.4) is 0 Å². The van der Waals surface area contributed by atoms with E-state index in [4.69, 9.17) is 4.74 Å². The molecule has 4 atom stereocenters. The van der Waals surface area contributed by atoms with Gasteiger partial charge in [-0.15, -0.1) is 0 Å². The topological polar surface area (TPSA) is 26.3 Å². The van der Waals surface area contributed by atoms with Crippen molar-refractivity contribution in [3.63, 3.8) is 0 Å². The molecule has 0 amide bonds. The quantitative estimate of drug-likeness (QED) is 0.726. The second kappa shape index (κ2) is 5.75. The third-order valence-electron chi connectivity index (χ3n) is 7.14. The fourth-order valence-corrected chi connectivity index (χ4v) is 5.86. The van der Waals surface area contributed by atoms with Crippen molar-refractivity contribution in [3.8, 4) is 5.75 Å². The minimum Gasteiger partial charge on any atom is -0.497 e. The van der Waals surface area contributed by atoms with E-state index in [1.807, 2.05) is 0 Å². The van der Waals surface area contributed by atoms with E-state index >= 15 is 0 Å². The standard InChI is InChI=1S/C22H28O2/c1-4-14-12-15-13-16(24-3)6-7-17(15)18-10-11-22(5-2)19(21(14)18)8-9-20(22)23/h6-8,13-14,18,21H,4-5,9-12H2,1-3H3/t14-,18-,21-,22+/m1/s1. The maximum Gasteiger partial charge on any atom is 0.146 e. The second-order valence-corrected chi connectivity index (χ2v) is 7.83. The van der Waals surface area contributed by atoms with E-state index in [2.05, 4.69) is 38.1 Å². The number of Topliss-reactive ketones (excluding diaryl/α,β-unsaturated/α-hetero) is 1. The van der Waals surface area contributed by atoms with Crippen molar-refractivity contribution < 1.29 is 9.53 Å². The molecule has 3 aliphatic rings. The van der Waals surface area contributed by atoms with Crippen LogP contribution in [0.25, 0.3) is 0 Å². The molecule has 0 aliphatic heterocycles. The molecule has 128 valence electrons. The van der Waals surface area contributed by atoms with E-state index in [9.17, 15) is 4.79 Å². The van der Waals surface area contributed by atoms with Crippen molar-refractivity contribution in [3.05, 3.63) is 41.0 Å². The van der Waals surface area contributed by atoms with E-state index in [0.29, 0.717) is 30.0 Å². The fraction of sp³-hybridized carbons (Fsp3) is 0.591. The lowest BCUT2D eigenvalue weighted by molar-refractivity contribution is -0.126. The van der Waals surface area contributed by atoms with Crippen LogP contribution in [-0.4, -0.2) is 12.9 Å². The molecule has 2 heteroatoms. The number of hydrogen-bond acceptors (Lipinski definition) is 2. The Morgan fingerprint density at radius 3 is 2.83 bits per heavy atom. The van der Waals surface area contributed by atoms with Crippen LogP contribution in [0.15, 0.2) is 29.8 Å². The summed E-state index contributed by atoms with van der Waals surface area (Å²) in [6.45, 7) is 4.52. The number of hydrogen-bond donors (Lipinski definition) is 0. The maximum absolute atomic E-state index is 12.7. The van der Waals surface area contributed by atoms with Crippen LogP contribution in [0.5, 0.6) is 5.75 Å². The maximum atomic E-state index is 12.7. The Morgan fingerprint density at radius 2 is 2.12 bits per heavy atom. The number of carbonyl (C=O) groups excluding carboxylic acids is 1. The van der Waals surface area contributed by atoms with Gasteiger partial charge < -0.3 is 4.74 Å². The van der Waals surface area contributed by atoms with Gasteiger partial charge in [0.05, 0.1) is 12.5 Å². The van der Waals surface area contributed by atoms with Gasteiger partial charge in [0.2, 0.25) is 0 Å². The molecule has 1 aromatic rings. The molecular formula is C22H28O2. The second-order valence-electron chi connectivity index (χ2n) is 7.83. The highest BCUT2D eigenvalue weighted by Gasteiger charge is 2.53. The summed E-state index contributed by atoms with van der Waals surface area (Å²) in [5.74, 6) is 3.25. The zero-order chi connectivity index (χ0) is 16.9. The summed E-state index contributed by atoms with van der Waals surface area (Å²) in [6.07, 6.45) is 8.44. The number of fused-ring (bicyclic) bond motifs is 5. The van der Waals surface area contributed by atoms with E-state index in [0.717, 1.165) is 31.4 Å². The third-order valence-corrected chi connectivity index (χ3v) is 7.14. The van der Waals surface area contributed by atoms with E-state index in [-0.39, 0.29) is 5.41 Å². The predicted octanol–water partition coefficient (Wildman–Crippen LogP) is 5.07. The summed E-state index contributed by atoms with van der Waals surface area (Å²) in [6, 6.07) is 6.64. The van der Waals surface area contributed by atoms with Gasteiger partial charge in [-0.25, -0.2) is 0 Å². The predicted molar refractivity (Wildman–Crippen MR) is 96.4 cm³/mol. The normalized spacial score (nSPS) is 34.2. The van der Waals surface area contributed by atoms with Gasteiger partial charge in [-0.05, 0) is 66.7 Å². The first-order valence-electron chi connectivity index (χ1n) is 9.55. The Hall–Kier alpha value is -1.57. The van der Waals surface area contributed by atoms with Gasteiger partial charge in [0.1, 0.15) is 11.5 Å². The van der Waals surface area contributed by atoms with Gasteiger partial charge in [0.15, 0.2) is 0 Å². The highest BCUT2D eigenvalue weighted by Crippen LogP contribution is 2.60. The molecule has 0 bridgehead atoms. The molecule has 1 aromatic carbocycles. The lowest BCUT2D eigenvalue weighted by Crippen LogP contribution is -2.43. The Kier molecular flexibility index (Phi) is 3.82. The highest BCUT2D eigenvalue weighted by atomic mass is 16.5. The summed E-state index contributed by atoms with van der Waals surface area (Å²) >= 11 is 0. The minimum absolute atomic E-state index is 0.126. The summed E-state index contributed by atoms with van der Waals surface area (Å²) in [5.41, 5.74) is 4.35. The first-order chi connectivity index (χ1) is 11.6. The molecule has 24 heavy (non-hydrogen) atoms. The molecule has 1 fully saturated rings. The molecule has 4 rings (SSSR count). The van der Waals surface area contributed by atoms with Crippen LogP contribution < -0.4 is 4.74 Å². The van der Waals surface area contributed by atoms with Gasteiger partial charge >= 0.3 is 0 Å². The van der Waals surface area contributed by atoms with Gasteiger partial charge in [-0.3, -0.25) is 4.79 Å². The van der Waals surface area contributed by atoms with Crippen LogP contribution in [0.1, 0.15) is 63.0 Å². The number of ether oxygens (including phenoxy) is 1. The smallest absolute Gasteiger partial charge is 0.146 e. The summed E-state index contributed by atoms with van der Waals surface area (Å²) in [7, 11) is 1.75. The zero-order valence-electron chi connectivity index (χ0n) is 15.1. The largest absolute Gasteiger partial charge is 0.497 e. The first kappa shape index (κ1) is 15.9. The average molecular weight is 324 g/mol. The summed E-state index contributed by atoms with van der Waals surface area (Å²) in [4.78, 5) is 12.7. The molecule has 0 radical (unpaired) electrons. The average Bonchev–Trinajstić information content (AvgIpc) is 2.97. The molecule has 0 aromatic heterocycles. The Balaban J connectivity index is 1.80. The van der Waals surface area contributed by atoms with Crippen molar-refractivity contribution in [2.75, 3.05) is 7.11 Å². The van der Waals surface area contributed by atoms with Crippen LogP contribution in [0.4, 0.5) is 0 Å². The van der Waals surface area contributed by atoms with Gasteiger partial charge in [0.25, 0.3) is 0 Å². The number of benzene rings is 1. The number of carbonyl (C=O) groups is 1. The van der Waals surface area contributed by atoms with Crippen molar-refractivity contribution in [2.24, 2.45) is 17.3 Å². The number of allylic oxidation sites excluding steroid dienone is 2. The molecule has 0 unspecified atom stereocenters. The van der Waals surface area contributed by atoms with Crippen LogP contribution in [0.2, 0.25) is 0 Å². The Bertz CT molecular complexity index is 702. The van der Waals surface area contributed by atoms with Crippen molar-refractivity contribution in [1.29, 1.82) is 0 Å². The molecule has 0 heterocycles. The lowest BCUT2D eigenvalue weighted by Gasteiger charge is -2.50. The van der Waals surface area contributed by atoms with Gasteiger partial charge in [-0.2, -0.15) is 0 Å². The molecule has 0 spiro atoms. The molecular weight excluding hydrogens is 296 g/mol. The van der Waals surface area contributed by atoms with Crippen molar-refractivity contribution >= 4 is 5.78 Å². The molecule has 1 saturated carbocycles. The molecule has 0 N–H and O–H groups in total. The first-order valence-corrected chi connectivity index (χ1v) is 9.55. The summed E-state index contributed by atoms with van der Waals surface area (Å²) < 4.78 is 5.45. The van der Waals surface area contributed by atoms with Gasteiger partial charge in [-0.1, -0.05) is 38.0 Å². The molecule has 2 nitrogen and oxygen atoms in total. The molecule has 3 aliphatic carbocycles.